The van der Waals surface area contributed by atoms with E-state index in [9.17, 15) is 0 Å². The zero-order chi connectivity index (χ0) is 14.1. The molecular formula is C19H22N2. The highest BCUT2D eigenvalue weighted by molar-refractivity contribution is 5.58. The molecule has 0 unspecified atom stereocenters. The second-order valence-electron chi connectivity index (χ2n) is 6.10. The normalized spacial score (nSPS) is 17.8. The van der Waals surface area contributed by atoms with E-state index in [0.717, 1.165) is 45.4 Å². The van der Waals surface area contributed by atoms with Crippen LogP contribution >= 0.6 is 0 Å². The van der Waals surface area contributed by atoms with Crippen molar-refractivity contribution in [3.63, 3.8) is 0 Å². The highest BCUT2D eigenvalue weighted by atomic mass is 15.1. The van der Waals surface area contributed by atoms with E-state index < -0.39 is 0 Å². The van der Waals surface area contributed by atoms with Gasteiger partial charge in [-0.3, -0.25) is 0 Å². The third-order valence-corrected chi connectivity index (χ3v) is 4.88. The monoisotopic (exact) mass is 278 g/mol. The molecule has 0 bridgehead atoms. The maximum absolute atomic E-state index is 3.48. The molecule has 2 aliphatic rings. The third kappa shape index (κ3) is 2.44. The van der Waals surface area contributed by atoms with Crippen molar-refractivity contribution in [2.24, 2.45) is 0 Å². The van der Waals surface area contributed by atoms with Gasteiger partial charge in [0.15, 0.2) is 0 Å². The first-order chi connectivity index (χ1) is 10.4. The van der Waals surface area contributed by atoms with E-state index in [-0.39, 0.29) is 0 Å². The topological polar surface area (TPSA) is 15.3 Å². The van der Waals surface area contributed by atoms with Crippen molar-refractivity contribution in [2.75, 3.05) is 24.5 Å². The first-order valence-corrected chi connectivity index (χ1v) is 8.05. The van der Waals surface area contributed by atoms with Gasteiger partial charge in [-0.15, -0.1) is 0 Å². The Kier molecular flexibility index (Phi) is 3.40. The molecule has 4 rings (SSSR count). The molecule has 2 aromatic rings. The molecule has 0 radical (unpaired) electrons. The predicted molar refractivity (Wildman–Crippen MR) is 87.9 cm³/mol. The lowest BCUT2D eigenvalue weighted by Gasteiger charge is -2.29. The Morgan fingerprint density at radius 1 is 0.762 bits per heavy atom. The molecule has 0 fully saturated rings. The van der Waals surface area contributed by atoms with Gasteiger partial charge in [0.1, 0.15) is 0 Å². The van der Waals surface area contributed by atoms with E-state index >= 15 is 0 Å². The highest BCUT2D eigenvalue weighted by Gasteiger charge is 2.19. The number of anilines is 1. The first kappa shape index (κ1) is 12.9. The van der Waals surface area contributed by atoms with Gasteiger partial charge in [0.05, 0.1) is 0 Å². The van der Waals surface area contributed by atoms with Crippen LogP contribution in [0, 0.1) is 0 Å². The van der Waals surface area contributed by atoms with E-state index in [4.69, 9.17) is 0 Å². The van der Waals surface area contributed by atoms with E-state index in [0.29, 0.717) is 0 Å². The Bertz CT molecular complexity index is 621. The van der Waals surface area contributed by atoms with Crippen LogP contribution in [0.1, 0.15) is 22.3 Å². The summed E-state index contributed by atoms with van der Waals surface area (Å²) in [6, 6.07) is 15.7. The molecule has 0 atom stereocenters. The molecule has 2 nitrogen and oxygen atoms in total. The summed E-state index contributed by atoms with van der Waals surface area (Å²) in [6.07, 6.45) is 3.49. The average Bonchev–Trinajstić information content (AvgIpc) is 2.77. The van der Waals surface area contributed by atoms with Gasteiger partial charge >= 0.3 is 0 Å². The number of hydrogen-bond acceptors (Lipinski definition) is 2. The summed E-state index contributed by atoms with van der Waals surface area (Å²) in [5, 5.41) is 3.48. The molecule has 0 saturated heterocycles. The van der Waals surface area contributed by atoms with E-state index in [1.807, 2.05) is 0 Å². The summed E-state index contributed by atoms with van der Waals surface area (Å²) < 4.78 is 0. The minimum absolute atomic E-state index is 1.03. The molecular weight excluding hydrogens is 256 g/mol. The van der Waals surface area contributed by atoms with Crippen LogP contribution < -0.4 is 10.2 Å². The van der Waals surface area contributed by atoms with Crippen LogP contribution in [0.2, 0.25) is 0 Å². The van der Waals surface area contributed by atoms with Crippen molar-refractivity contribution in [3.05, 3.63) is 64.7 Å². The van der Waals surface area contributed by atoms with E-state index in [2.05, 4.69) is 52.7 Å². The Labute approximate surface area is 126 Å². The van der Waals surface area contributed by atoms with Crippen LogP contribution in [0.5, 0.6) is 0 Å². The summed E-state index contributed by atoms with van der Waals surface area (Å²) in [5.41, 5.74) is 7.60. The zero-order valence-electron chi connectivity index (χ0n) is 12.4. The Morgan fingerprint density at radius 3 is 2.24 bits per heavy atom. The summed E-state index contributed by atoms with van der Waals surface area (Å²) in [5.74, 6) is 0. The average molecular weight is 278 g/mol. The van der Waals surface area contributed by atoms with Gasteiger partial charge in [0.25, 0.3) is 0 Å². The molecule has 0 aromatic heterocycles. The van der Waals surface area contributed by atoms with Crippen molar-refractivity contribution in [2.45, 2.75) is 25.8 Å². The first-order valence-electron chi connectivity index (χ1n) is 8.05. The maximum atomic E-state index is 3.48. The largest absolute Gasteiger partial charge is 0.371 e. The second-order valence-corrected chi connectivity index (χ2v) is 6.10. The number of hydrogen-bond donors (Lipinski definition) is 1. The number of nitrogens with zero attached hydrogens (tertiary/aromatic N) is 1. The Morgan fingerprint density at radius 2 is 1.48 bits per heavy atom. The van der Waals surface area contributed by atoms with Crippen molar-refractivity contribution in [3.8, 4) is 0 Å². The van der Waals surface area contributed by atoms with Crippen LogP contribution in [0.15, 0.2) is 42.5 Å². The van der Waals surface area contributed by atoms with Crippen LogP contribution in [0.25, 0.3) is 0 Å². The smallest absolute Gasteiger partial charge is 0.0402 e. The lowest BCUT2D eigenvalue weighted by atomic mass is 9.98. The molecule has 108 valence electrons. The molecule has 2 aliphatic heterocycles. The fourth-order valence-corrected chi connectivity index (χ4v) is 3.72. The maximum Gasteiger partial charge on any atom is 0.0402 e. The van der Waals surface area contributed by atoms with Gasteiger partial charge in [-0.25, -0.2) is 0 Å². The van der Waals surface area contributed by atoms with Crippen LogP contribution in [-0.2, 0) is 25.8 Å². The van der Waals surface area contributed by atoms with Crippen molar-refractivity contribution in [1.82, 2.24) is 5.32 Å². The van der Waals surface area contributed by atoms with E-state index in [1.54, 1.807) is 5.56 Å². The molecule has 0 amide bonds. The summed E-state index contributed by atoms with van der Waals surface area (Å²) in [6.45, 7) is 4.41. The van der Waals surface area contributed by atoms with Crippen LogP contribution in [0.4, 0.5) is 5.69 Å². The van der Waals surface area contributed by atoms with Gasteiger partial charge < -0.3 is 10.2 Å². The minimum Gasteiger partial charge on any atom is -0.371 e. The van der Waals surface area contributed by atoms with Gasteiger partial charge in [0.2, 0.25) is 0 Å². The number of rotatable bonds is 1. The SMILES string of the molecule is c1ccc2c(c1)CCN(c1cccc3c1CCNC3)CC2. The molecule has 0 saturated carbocycles. The number of fused-ring (bicyclic) bond motifs is 2. The molecule has 2 aromatic carbocycles. The van der Waals surface area contributed by atoms with E-state index in [1.165, 1.54) is 22.4 Å². The molecule has 0 aliphatic carbocycles. The lowest BCUT2D eigenvalue weighted by molar-refractivity contribution is 0.640. The molecule has 2 heterocycles. The molecule has 1 N–H and O–H groups in total. The fourth-order valence-electron chi connectivity index (χ4n) is 3.72. The number of benzene rings is 2. The van der Waals surface area contributed by atoms with Gasteiger partial charge in [0, 0.05) is 25.3 Å². The fraction of sp³-hybridized carbons (Fsp3) is 0.368. The minimum atomic E-state index is 1.03. The zero-order valence-corrected chi connectivity index (χ0v) is 12.4. The number of nitrogens with one attached hydrogen (secondary N) is 1. The quantitative estimate of drug-likeness (QED) is 0.863. The van der Waals surface area contributed by atoms with Crippen molar-refractivity contribution >= 4 is 5.69 Å². The Balaban J connectivity index is 1.64. The van der Waals surface area contributed by atoms with Crippen LogP contribution in [-0.4, -0.2) is 19.6 Å². The second kappa shape index (κ2) is 5.53. The van der Waals surface area contributed by atoms with Gasteiger partial charge in [-0.05, 0) is 54.1 Å². The van der Waals surface area contributed by atoms with Crippen molar-refractivity contribution < 1.29 is 0 Å². The van der Waals surface area contributed by atoms with Gasteiger partial charge in [-0.2, -0.15) is 0 Å². The molecule has 2 heteroatoms. The standard InChI is InChI=1S/C19H22N2/c1-2-5-16-10-13-21(12-9-15(16)4-1)19-7-3-6-17-14-20-11-8-18(17)19/h1-7,20H,8-14H2. The van der Waals surface area contributed by atoms with Gasteiger partial charge in [-0.1, -0.05) is 36.4 Å². The predicted octanol–water partition coefficient (Wildman–Crippen LogP) is 2.94. The molecule has 0 spiro atoms. The van der Waals surface area contributed by atoms with Crippen LogP contribution in [0.3, 0.4) is 0 Å². The third-order valence-electron chi connectivity index (χ3n) is 4.88. The Hall–Kier alpha value is -1.80. The highest BCUT2D eigenvalue weighted by Crippen LogP contribution is 2.28. The molecule has 21 heavy (non-hydrogen) atoms. The summed E-state index contributed by atoms with van der Waals surface area (Å²) in [4.78, 5) is 2.60. The summed E-state index contributed by atoms with van der Waals surface area (Å²) in [7, 11) is 0. The summed E-state index contributed by atoms with van der Waals surface area (Å²) >= 11 is 0. The van der Waals surface area contributed by atoms with Crippen molar-refractivity contribution in [1.29, 1.82) is 0 Å². The lowest BCUT2D eigenvalue weighted by Crippen LogP contribution is -2.30.